The van der Waals surface area contributed by atoms with E-state index >= 15 is 0 Å². The van der Waals surface area contributed by atoms with Crippen LogP contribution < -0.4 is 5.32 Å². The lowest BCUT2D eigenvalue weighted by Crippen LogP contribution is -2.52. The van der Waals surface area contributed by atoms with Crippen LogP contribution in [-0.4, -0.2) is 36.6 Å². The van der Waals surface area contributed by atoms with Crippen molar-refractivity contribution in [2.24, 2.45) is 5.92 Å². The number of ether oxygens (including phenoxy) is 1. The summed E-state index contributed by atoms with van der Waals surface area (Å²) in [6, 6.07) is 19.2. The highest BCUT2D eigenvalue weighted by molar-refractivity contribution is 5.81. The zero-order valence-corrected chi connectivity index (χ0v) is 14.3. The molecular formula is C21H24N2O2. The largest absolute Gasteiger partial charge is 0.459 e. The van der Waals surface area contributed by atoms with Gasteiger partial charge in [0.1, 0.15) is 6.10 Å². The van der Waals surface area contributed by atoms with E-state index in [0.717, 1.165) is 43.7 Å². The Morgan fingerprint density at radius 3 is 2.24 bits per heavy atom. The van der Waals surface area contributed by atoms with E-state index in [4.69, 9.17) is 4.74 Å². The van der Waals surface area contributed by atoms with Gasteiger partial charge in [-0.1, -0.05) is 48.5 Å². The first kappa shape index (κ1) is 16.2. The first-order chi connectivity index (χ1) is 12.3. The van der Waals surface area contributed by atoms with Crippen molar-refractivity contribution in [3.8, 4) is 0 Å². The van der Waals surface area contributed by atoms with Gasteiger partial charge in [-0.05, 0) is 49.5 Å². The quantitative estimate of drug-likeness (QED) is 0.849. The molecule has 4 heteroatoms. The fraction of sp³-hybridized carbons (Fsp3) is 0.381. The van der Waals surface area contributed by atoms with Crippen molar-refractivity contribution in [3.63, 3.8) is 0 Å². The van der Waals surface area contributed by atoms with Gasteiger partial charge >= 0.3 is 5.97 Å². The number of piperidine rings is 3. The number of anilines is 1. The van der Waals surface area contributed by atoms with Gasteiger partial charge in [0, 0.05) is 12.2 Å². The zero-order valence-electron chi connectivity index (χ0n) is 14.3. The molecule has 0 amide bonds. The molecule has 25 heavy (non-hydrogen) atoms. The molecule has 2 aromatic carbocycles. The van der Waals surface area contributed by atoms with E-state index in [1.165, 1.54) is 0 Å². The van der Waals surface area contributed by atoms with E-state index in [1.807, 2.05) is 60.7 Å². The highest BCUT2D eigenvalue weighted by Crippen LogP contribution is 2.31. The first-order valence-electron chi connectivity index (χ1n) is 9.09. The summed E-state index contributed by atoms with van der Waals surface area (Å²) in [4.78, 5) is 15.4. The van der Waals surface area contributed by atoms with Gasteiger partial charge in [-0.15, -0.1) is 0 Å². The van der Waals surface area contributed by atoms with Crippen LogP contribution in [0.2, 0.25) is 0 Å². The van der Waals surface area contributed by atoms with Crippen molar-refractivity contribution in [2.75, 3.05) is 25.0 Å². The number of nitrogens with zero attached hydrogens (tertiary/aromatic N) is 1. The van der Waals surface area contributed by atoms with Crippen LogP contribution in [0.4, 0.5) is 5.69 Å². The summed E-state index contributed by atoms with van der Waals surface area (Å²) in [5.41, 5.74) is 1.85. The van der Waals surface area contributed by atoms with Crippen molar-refractivity contribution in [3.05, 3.63) is 66.2 Å². The molecule has 3 aliphatic heterocycles. The molecule has 130 valence electrons. The van der Waals surface area contributed by atoms with E-state index in [1.54, 1.807) is 0 Å². The van der Waals surface area contributed by atoms with E-state index in [0.29, 0.717) is 5.92 Å². The Morgan fingerprint density at radius 1 is 1.00 bits per heavy atom. The average Bonchev–Trinajstić information content (AvgIpc) is 2.68. The van der Waals surface area contributed by atoms with Gasteiger partial charge in [0.15, 0.2) is 6.04 Å². The number of esters is 1. The van der Waals surface area contributed by atoms with E-state index in [2.05, 4.69) is 10.2 Å². The smallest absolute Gasteiger partial charge is 0.333 e. The monoisotopic (exact) mass is 336 g/mol. The number of carbonyl (C=O) groups excluding carboxylic acids is 1. The SMILES string of the molecule is O=C(OC1CN2CCC1CC2)C(Nc1ccccc1)c1ccccc1. The Morgan fingerprint density at radius 2 is 1.64 bits per heavy atom. The number of nitrogens with one attached hydrogen (secondary N) is 1. The summed E-state index contributed by atoms with van der Waals surface area (Å²) in [5, 5.41) is 3.34. The third kappa shape index (κ3) is 3.69. The minimum atomic E-state index is -0.487. The molecule has 3 saturated heterocycles. The van der Waals surface area contributed by atoms with Crippen LogP contribution >= 0.6 is 0 Å². The molecule has 1 N–H and O–H groups in total. The van der Waals surface area contributed by atoms with Gasteiger partial charge in [0.25, 0.3) is 0 Å². The molecule has 0 aromatic heterocycles. The molecular weight excluding hydrogens is 312 g/mol. The Kier molecular flexibility index (Phi) is 4.70. The maximum atomic E-state index is 13.0. The maximum absolute atomic E-state index is 13.0. The number of benzene rings is 2. The highest BCUT2D eigenvalue weighted by atomic mass is 16.5. The maximum Gasteiger partial charge on any atom is 0.333 e. The van der Waals surface area contributed by atoms with Gasteiger partial charge in [0.05, 0.1) is 0 Å². The fourth-order valence-corrected chi connectivity index (χ4v) is 3.89. The predicted octanol–water partition coefficient (Wildman–Crippen LogP) is 3.48. The van der Waals surface area contributed by atoms with Crippen LogP contribution in [0.25, 0.3) is 0 Å². The third-order valence-corrected chi connectivity index (χ3v) is 5.32. The Labute approximate surface area is 148 Å². The van der Waals surface area contributed by atoms with E-state index < -0.39 is 6.04 Å². The summed E-state index contributed by atoms with van der Waals surface area (Å²) >= 11 is 0. The van der Waals surface area contributed by atoms with E-state index in [9.17, 15) is 4.79 Å². The lowest BCUT2D eigenvalue weighted by molar-refractivity contribution is -0.159. The molecule has 3 heterocycles. The first-order valence-corrected chi connectivity index (χ1v) is 9.09. The second-order valence-electron chi connectivity index (χ2n) is 6.97. The molecule has 0 saturated carbocycles. The molecule has 0 radical (unpaired) electrons. The number of hydrogen-bond acceptors (Lipinski definition) is 4. The number of hydrogen-bond donors (Lipinski definition) is 1. The molecule has 0 spiro atoms. The summed E-state index contributed by atoms with van der Waals surface area (Å²) < 4.78 is 5.97. The van der Waals surface area contributed by atoms with Crippen molar-refractivity contribution in [1.29, 1.82) is 0 Å². The Hall–Kier alpha value is -2.33. The average molecular weight is 336 g/mol. The molecule has 2 aromatic rings. The lowest BCUT2D eigenvalue weighted by atomic mass is 9.86. The highest BCUT2D eigenvalue weighted by Gasteiger charge is 2.37. The van der Waals surface area contributed by atoms with Gasteiger partial charge in [-0.3, -0.25) is 4.90 Å². The fourth-order valence-electron chi connectivity index (χ4n) is 3.89. The molecule has 2 bridgehead atoms. The van der Waals surface area contributed by atoms with Gasteiger partial charge < -0.3 is 10.1 Å². The number of rotatable bonds is 5. The van der Waals surface area contributed by atoms with Crippen LogP contribution in [0.5, 0.6) is 0 Å². The van der Waals surface area contributed by atoms with Crippen LogP contribution in [-0.2, 0) is 9.53 Å². The molecule has 3 aliphatic rings. The predicted molar refractivity (Wildman–Crippen MR) is 98.3 cm³/mol. The number of para-hydroxylation sites is 1. The van der Waals surface area contributed by atoms with Gasteiger partial charge in [-0.25, -0.2) is 4.79 Å². The van der Waals surface area contributed by atoms with Crippen LogP contribution in [0.3, 0.4) is 0 Å². The summed E-state index contributed by atoms with van der Waals surface area (Å²) in [6.45, 7) is 3.16. The molecule has 5 rings (SSSR count). The van der Waals surface area contributed by atoms with Crippen molar-refractivity contribution < 1.29 is 9.53 Å². The van der Waals surface area contributed by atoms with Crippen LogP contribution in [0.15, 0.2) is 60.7 Å². The zero-order chi connectivity index (χ0) is 17.1. The Balaban J connectivity index is 1.52. The summed E-state index contributed by atoms with van der Waals surface area (Å²) in [5.74, 6) is 0.330. The normalized spacial score (nSPS) is 26.0. The summed E-state index contributed by atoms with van der Waals surface area (Å²) in [6.07, 6.45) is 2.30. The summed E-state index contributed by atoms with van der Waals surface area (Å²) in [7, 11) is 0. The van der Waals surface area contributed by atoms with E-state index in [-0.39, 0.29) is 12.1 Å². The number of carbonyl (C=O) groups is 1. The van der Waals surface area contributed by atoms with Gasteiger partial charge in [0.2, 0.25) is 0 Å². The standard InChI is InChI=1S/C21H24N2O2/c24-21(25-19-15-23-13-11-16(19)12-14-23)20(17-7-3-1-4-8-17)22-18-9-5-2-6-10-18/h1-10,16,19-20,22H,11-15H2. The third-order valence-electron chi connectivity index (χ3n) is 5.32. The molecule has 3 fully saturated rings. The Bertz CT molecular complexity index is 696. The molecule has 0 aliphatic carbocycles. The minimum absolute atomic E-state index is 0.0267. The van der Waals surface area contributed by atoms with Crippen LogP contribution in [0.1, 0.15) is 24.4 Å². The molecule has 2 unspecified atom stereocenters. The molecule has 2 atom stereocenters. The van der Waals surface area contributed by atoms with Crippen molar-refractivity contribution in [2.45, 2.75) is 25.0 Å². The van der Waals surface area contributed by atoms with Gasteiger partial charge in [-0.2, -0.15) is 0 Å². The second kappa shape index (κ2) is 7.28. The van der Waals surface area contributed by atoms with Crippen molar-refractivity contribution >= 4 is 11.7 Å². The van der Waals surface area contributed by atoms with Crippen molar-refractivity contribution in [1.82, 2.24) is 4.90 Å². The molecule has 4 nitrogen and oxygen atoms in total. The lowest BCUT2D eigenvalue weighted by Gasteiger charge is -2.44. The number of fused-ring (bicyclic) bond motifs is 3. The second-order valence-corrected chi connectivity index (χ2v) is 6.97. The topological polar surface area (TPSA) is 41.6 Å². The van der Waals surface area contributed by atoms with Crippen LogP contribution in [0, 0.1) is 5.92 Å². The minimum Gasteiger partial charge on any atom is -0.459 e.